The Morgan fingerprint density at radius 2 is 1.67 bits per heavy atom. The van der Waals surface area contributed by atoms with Crippen LogP contribution in [0.15, 0.2) is 0 Å². The first kappa shape index (κ1) is 19.2. The van der Waals surface area contributed by atoms with Crippen LogP contribution in [0.3, 0.4) is 0 Å². The molecule has 9 heteroatoms. The summed E-state index contributed by atoms with van der Waals surface area (Å²) in [6.45, 7) is 4.34. The summed E-state index contributed by atoms with van der Waals surface area (Å²) in [6.07, 6.45) is -6.05. The highest BCUT2D eigenvalue weighted by Crippen LogP contribution is 2.18. The molecular formula is C12H18F3NO5. The van der Waals surface area contributed by atoms with Crippen molar-refractivity contribution in [2.24, 2.45) is 5.92 Å². The molecule has 0 aliphatic rings. The molecule has 0 aromatic heterocycles. The normalized spacial score (nSPS) is 14.3. The van der Waals surface area contributed by atoms with Gasteiger partial charge in [0.15, 0.2) is 0 Å². The first-order valence-electron chi connectivity index (χ1n) is 6.14. The molecule has 0 aliphatic heterocycles. The second-order valence-electron chi connectivity index (χ2n) is 4.69. The molecule has 0 radical (unpaired) electrons. The fourth-order valence-electron chi connectivity index (χ4n) is 1.43. The lowest BCUT2D eigenvalue weighted by atomic mass is 9.98. The highest BCUT2D eigenvalue weighted by atomic mass is 19.4. The average Bonchev–Trinajstić information content (AvgIpc) is 2.32. The maximum Gasteiger partial charge on any atom is 0.471 e. The molecule has 0 rings (SSSR count). The number of hydrogen-bond acceptors (Lipinski definition) is 5. The minimum absolute atomic E-state index is 0.341. The molecule has 122 valence electrons. The van der Waals surface area contributed by atoms with Gasteiger partial charge in [-0.3, -0.25) is 9.59 Å². The van der Waals surface area contributed by atoms with Crippen LogP contribution in [0.2, 0.25) is 0 Å². The number of amides is 1. The zero-order valence-corrected chi connectivity index (χ0v) is 12.1. The van der Waals surface area contributed by atoms with E-state index in [0.29, 0.717) is 0 Å². The predicted octanol–water partition coefficient (Wildman–Crippen LogP) is 1.18. The minimum Gasteiger partial charge on any atom is -0.469 e. The molecule has 0 aromatic carbocycles. The molecule has 0 fully saturated rings. The van der Waals surface area contributed by atoms with Crippen molar-refractivity contribution in [2.45, 2.75) is 45.5 Å². The lowest BCUT2D eigenvalue weighted by molar-refractivity contribution is -0.177. The molecule has 0 aliphatic carbocycles. The largest absolute Gasteiger partial charge is 0.471 e. The zero-order chi connectivity index (χ0) is 16.8. The first-order chi connectivity index (χ1) is 9.48. The summed E-state index contributed by atoms with van der Waals surface area (Å²) >= 11 is 0. The van der Waals surface area contributed by atoms with Gasteiger partial charge in [-0.25, -0.2) is 4.79 Å². The predicted molar refractivity (Wildman–Crippen MR) is 65.0 cm³/mol. The van der Waals surface area contributed by atoms with E-state index in [-0.39, 0.29) is 6.42 Å². The number of esters is 2. The van der Waals surface area contributed by atoms with Crippen molar-refractivity contribution in [1.82, 2.24) is 5.32 Å². The van der Waals surface area contributed by atoms with Crippen LogP contribution in [0.4, 0.5) is 13.2 Å². The summed E-state index contributed by atoms with van der Waals surface area (Å²) in [4.78, 5) is 33.9. The molecule has 0 bridgehead atoms. The summed E-state index contributed by atoms with van der Waals surface area (Å²) in [7, 11) is 1.10. The van der Waals surface area contributed by atoms with E-state index in [1.54, 1.807) is 5.32 Å². The third-order valence-corrected chi connectivity index (χ3v) is 2.44. The summed E-state index contributed by atoms with van der Waals surface area (Å²) < 4.78 is 46.0. The van der Waals surface area contributed by atoms with E-state index in [2.05, 4.69) is 4.74 Å². The Morgan fingerprint density at radius 1 is 1.14 bits per heavy atom. The molecule has 0 unspecified atom stereocenters. The standard InChI is InChI=1S/C12H18F3NO5/c1-6(2)21-10(18)9(7(3)5-8(17)20-4)16-11(19)12(13,14)15/h6-7,9H,5H2,1-4H3,(H,16,19)/t7-,9+/m1/s1. The highest BCUT2D eigenvalue weighted by Gasteiger charge is 2.42. The van der Waals surface area contributed by atoms with Gasteiger partial charge >= 0.3 is 24.0 Å². The first-order valence-corrected chi connectivity index (χ1v) is 6.14. The Balaban J connectivity index is 5.04. The van der Waals surface area contributed by atoms with Gasteiger partial charge in [-0.2, -0.15) is 13.2 Å². The topological polar surface area (TPSA) is 81.7 Å². The van der Waals surface area contributed by atoms with Gasteiger partial charge in [-0.15, -0.1) is 0 Å². The Labute approximate surface area is 120 Å². The van der Waals surface area contributed by atoms with Crippen molar-refractivity contribution in [3.63, 3.8) is 0 Å². The van der Waals surface area contributed by atoms with Gasteiger partial charge in [-0.05, 0) is 19.8 Å². The minimum atomic E-state index is -5.14. The summed E-state index contributed by atoms with van der Waals surface area (Å²) in [5, 5.41) is 1.55. The zero-order valence-electron chi connectivity index (χ0n) is 12.1. The smallest absolute Gasteiger partial charge is 0.469 e. The number of alkyl halides is 3. The number of halogens is 3. The van der Waals surface area contributed by atoms with Crippen molar-refractivity contribution in [3.8, 4) is 0 Å². The van der Waals surface area contributed by atoms with Gasteiger partial charge in [0.2, 0.25) is 0 Å². The van der Waals surface area contributed by atoms with E-state index in [4.69, 9.17) is 4.74 Å². The molecule has 0 aromatic rings. The van der Waals surface area contributed by atoms with Crippen LogP contribution in [-0.4, -0.2) is 43.3 Å². The Bertz CT molecular complexity index is 395. The molecule has 0 heterocycles. The van der Waals surface area contributed by atoms with Crippen LogP contribution < -0.4 is 5.32 Å². The van der Waals surface area contributed by atoms with Crippen LogP contribution in [0.25, 0.3) is 0 Å². The fourth-order valence-corrected chi connectivity index (χ4v) is 1.43. The molecule has 0 saturated carbocycles. The van der Waals surface area contributed by atoms with Crippen LogP contribution in [-0.2, 0) is 23.9 Å². The summed E-state index contributed by atoms with van der Waals surface area (Å²) in [5.74, 6) is -4.95. The molecule has 21 heavy (non-hydrogen) atoms. The molecule has 6 nitrogen and oxygen atoms in total. The van der Waals surface area contributed by atoms with E-state index in [9.17, 15) is 27.6 Å². The molecule has 2 atom stereocenters. The lowest BCUT2D eigenvalue weighted by Crippen LogP contribution is -2.51. The second-order valence-corrected chi connectivity index (χ2v) is 4.69. The van der Waals surface area contributed by atoms with Crippen LogP contribution >= 0.6 is 0 Å². The number of carbonyl (C=O) groups excluding carboxylic acids is 3. The van der Waals surface area contributed by atoms with Crippen LogP contribution in [0.1, 0.15) is 27.2 Å². The summed E-state index contributed by atoms with van der Waals surface area (Å²) in [5.41, 5.74) is 0. The van der Waals surface area contributed by atoms with Gasteiger partial charge in [0.25, 0.3) is 0 Å². The third-order valence-electron chi connectivity index (χ3n) is 2.44. The Morgan fingerprint density at radius 3 is 2.05 bits per heavy atom. The number of carbonyl (C=O) groups is 3. The molecular weight excluding hydrogens is 295 g/mol. The number of methoxy groups -OCH3 is 1. The maximum absolute atomic E-state index is 12.3. The van der Waals surface area contributed by atoms with Crippen molar-refractivity contribution in [2.75, 3.05) is 7.11 Å². The molecule has 0 saturated heterocycles. The lowest BCUT2D eigenvalue weighted by Gasteiger charge is -2.24. The van der Waals surface area contributed by atoms with Crippen molar-refractivity contribution < 1.29 is 37.0 Å². The highest BCUT2D eigenvalue weighted by molar-refractivity contribution is 5.88. The SMILES string of the molecule is COC(=O)C[C@@H](C)[C@H](NC(=O)C(F)(F)F)C(=O)OC(C)C. The maximum atomic E-state index is 12.3. The van der Waals surface area contributed by atoms with Crippen molar-refractivity contribution in [1.29, 1.82) is 0 Å². The van der Waals surface area contributed by atoms with Crippen molar-refractivity contribution >= 4 is 17.8 Å². The Kier molecular flexibility index (Phi) is 7.17. The molecule has 1 N–H and O–H groups in total. The van der Waals surface area contributed by atoms with Gasteiger partial charge in [0.1, 0.15) is 6.04 Å². The monoisotopic (exact) mass is 313 g/mol. The van der Waals surface area contributed by atoms with Crippen molar-refractivity contribution in [3.05, 3.63) is 0 Å². The quantitative estimate of drug-likeness (QED) is 0.745. The van der Waals surface area contributed by atoms with E-state index in [0.717, 1.165) is 7.11 Å². The number of hydrogen-bond donors (Lipinski definition) is 1. The number of rotatable bonds is 6. The van der Waals surface area contributed by atoms with Gasteiger partial charge in [0, 0.05) is 0 Å². The summed E-state index contributed by atoms with van der Waals surface area (Å²) in [6, 6.07) is -1.60. The molecule has 0 spiro atoms. The second kappa shape index (κ2) is 7.84. The van der Waals surface area contributed by atoms with Crippen LogP contribution in [0, 0.1) is 5.92 Å². The number of nitrogens with one attached hydrogen (secondary N) is 1. The van der Waals surface area contributed by atoms with E-state index in [1.165, 1.54) is 20.8 Å². The average molecular weight is 313 g/mol. The molecule has 1 amide bonds. The third kappa shape index (κ3) is 6.96. The van der Waals surface area contributed by atoms with Gasteiger partial charge < -0.3 is 14.8 Å². The fraction of sp³-hybridized carbons (Fsp3) is 0.750. The Hall–Kier alpha value is -1.80. The van der Waals surface area contributed by atoms with Gasteiger partial charge in [-0.1, -0.05) is 6.92 Å². The van der Waals surface area contributed by atoms with E-state index < -0.39 is 42.1 Å². The number of ether oxygens (including phenoxy) is 2. The van der Waals surface area contributed by atoms with E-state index >= 15 is 0 Å². The van der Waals surface area contributed by atoms with Crippen LogP contribution in [0.5, 0.6) is 0 Å². The van der Waals surface area contributed by atoms with Gasteiger partial charge in [0.05, 0.1) is 19.6 Å². The van der Waals surface area contributed by atoms with E-state index in [1.807, 2.05) is 0 Å².